The van der Waals surface area contributed by atoms with Gasteiger partial charge in [0.25, 0.3) is 0 Å². The van der Waals surface area contributed by atoms with Crippen LogP contribution in [-0.2, 0) is 4.79 Å². The highest BCUT2D eigenvalue weighted by Gasteiger charge is 2.28. The molecule has 0 aliphatic heterocycles. The number of benzene rings is 1. The Kier molecular flexibility index (Phi) is 6.65. The molecule has 21 heavy (non-hydrogen) atoms. The van der Waals surface area contributed by atoms with E-state index in [1.807, 2.05) is 32.0 Å². The summed E-state index contributed by atoms with van der Waals surface area (Å²) < 4.78 is 5.59. The van der Waals surface area contributed by atoms with Crippen molar-refractivity contribution in [1.82, 2.24) is 5.32 Å². The smallest absolute Gasteiger partial charge is 0.224 e. The maximum atomic E-state index is 11.9. The molecule has 0 aliphatic rings. The van der Waals surface area contributed by atoms with E-state index in [4.69, 9.17) is 4.74 Å². The number of aliphatic hydroxyl groups excluding tert-OH is 2. The van der Waals surface area contributed by atoms with E-state index in [1.165, 1.54) is 0 Å². The second-order valence-corrected chi connectivity index (χ2v) is 5.37. The molecule has 0 aromatic heterocycles. The van der Waals surface area contributed by atoms with E-state index < -0.39 is 5.54 Å². The number of hydrogen-bond donors (Lipinski definition) is 3. The third-order valence-electron chi connectivity index (χ3n) is 3.60. The van der Waals surface area contributed by atoms with Crippen LogP contribution in [0.3, 0.4) is 0 Å². The Morgan fingerprint density at radius 2 is 1.95 bits per heavy atom. The van der Waals surface area contributed by atoms with E-state index >= 15 is 0 Å². The lowest BCUT2D eigenvalue weighted by molar-refractivity contribution is -0.125. The minimum absolute atomic E-state index is 0.176. The molecule has 1 rings (SSSR count). The van der Waals surface area contributed by atoms with E-state index in [2.05, 4.69) is 5.32 Å². The van der Waals surface area contributed by atoms with Gasteiger partial charge in [0.2, 0.25) is 5.91 Å². The highest BCUT2D eigenvalue weighted by Crippen LogP contribution is 2.18. The average Bonchev–Trinajstić information content (AvgIpc) is 2.47. The molecule has 0 fully saturated rings. The summed E-state index contributed by atoms with van der Waals surface area (Å²) in [5, 5.41) is 21.2. The van der Waals surface area contributed by atoms with Gasteiger partial charge in [-0.3, -0.25) is 4.79 Å². The van der Waals surface area contributed by atoms with Gasteiger partial charge < -0.3 is 20.3 Å². The Balaban J connectivity index is 2.46. The Labute approximate surface area is 125 Å². The molecule has 0 aliphatic carbocycles. The summed E-state index contributed by atoms with van der Waals surface area (Å²) in [5.74, 6) is 0.518. The molecule has 0 atom stereocenters. The van der Waals surface area contributed by atoms with E-state index in [-0.39, 0.29) is 32.1 Å². The normalized spacial score (nSPS) is 11.3. The fourth-order valence-electron chi connectivity index (χ4n) is 2.01. The summed E-state index contributed by atoms with van der Waals surface area (Å²) in [7, 11) is 0. The van der Waals surface area contributed by atoms with Crippen molar-refractivity contribution in [3.8, 4) is 5.75 Å². The quantitative estimate of drug-likeness (QED) is 0.676. The maximum absolute atomic E-state index is 11.9. The lowest BCUT2D eigenvalue weighted by Gasteiger charge is -2.29. The molecule has 0 bridgehead atoms. The number of carbonyl (C=O) groups is 1. The Morgan fingerprint density at radius 3 is 2.48 bits per heavy atom. The highest BCUT2D eigenvalue weighted by atomic mass is 16.5. The summed E-state index contributed by atoms with van der Waals surface area (Å²) in [4.78, 5) is 11.9. The van der Waals surface area contributed by atoms with Gasteiger partial charge in [0.1, 0.15) is 5.75 Å². The van der Waals surface area contributed by atoms with Crippen LogP contribution in [0.1, 0.15) is 30.9 Å². The second kappa shape index (κ2) is 8.00. The van der Waals surface area contributed by atoms with Crippen molar-refractivity contribution in [1.29, 1.82) is 0 Å². The Hall–Kier alpha value is -1.59. The molecule has 1 amide bonds. The standard InChI is InChI=1S/C16H25NO4/c1-4-16(10-18,11-19)17-15(20)7-8-21-14-6-5-12(2)9-13(14)3/h5-6,9,18-19H,4,7-8,10-11H2,1-3H3,(H,17,20). The van der Waals surface area contributed by atoms with Gasteiger partial charge >= 0.3 is 0 Å². The zero-order valence-corrected chi connectivity index (χ0v) is 13.0. The molecule has 0 saturated heterocycles. The van der Waals surface area contributed by atoms with Gasteiger partial charge in [-0.2, -0.15) is 0 Å². The van der Waals surface area contributed by atoms with Gasteiger partial charge in [0.05, 0.1) is 31.8 Å². The Bertz CT molecular complexity index is 461. The minimum atomic E-state index is -0.948. The van der Waals surface area contributed by atoms with Crippen LogP contribution in [0.5, 0.6) is 5.75 Å². The van der Waals surface area contributed by atoms with Crippen LogP contribution in [0.2, 0.25) is 0 Å². The number of aliphatic hydroxyl groups is 2. The number of nitrogens with one attached hydrogen (secondary N) is 1. The van der Waals surface area contributed by atoms with E-state index in [9.17, 15) is 15.0 Å². The molecule has 0 radical (unpaired) electrons. The molecule has 5 heteroatoms. The number of aryl methyl sites for hydroxylation is 2. The van der Waals surface area contributed by atoms with Crippen LogP contribution in [0.4, 0.5) is 0 Å². The van der Waals surface area contributed by atoms with Gasteiger partial charge in [-0.1, -0.05) is 24.6 Å². The molecule has 0 saturated carbocycles. The third-order valence-corrected chi connectivity index (χ3v) is 3.60. The summed E-state index contributed by atoms with van der Waals surface area (Å²) in [5.41, 5.74) is 1.25. The fraction of sp³-hybridized carbons (Fsp3) is 0.562. The second-order valence-electron chi connectivity index (χ2n) is 5.37. The molecule has 118 valence electrons. The lowest BCUT2D eigenvalue weighted by Crippen LogP contribution is -2.54. The zero-order chi connectivity index (χ0) is 15.9. The van der Waals surface area contributed by atoms with Crippen molar-refractivity contribution in [3.63, 3.8) is 0 Å². The molecular formula is C16H25NO4. The molecule has 0 heterocycles. The van der Waals surface area contributed by atoms with Crippen molar-refractivity contribution in [2.45, 2.75) is 39.2 Å². The third kappa shape index (κ3) is 5.02. The monoisotopic (exact) mass is 295 g/mol. The zero-order valence-electron chi connectivity index (χ0n) is 13.0. The first-order chi connectivity index (χ1) is 9.96. The number of rotatable bonds is 8. The van der Waals surface area contributed by atoms with Crippen LogP contribution in [-0.4, -0.2) is 41.5 Å². The predicted octanol–water partition coefficient (Wildman–Crippen LogP) is 1.32. The molecule has 0 spiro atoms. The molecule has 1 aromatic rings. The fourth-order valence-corrected chi connectivity index (χ4v) is 2.01. The van der Waals surface area contributed by atoms with Crippen molar-refractivity contribution < 1.29 is 19.7 Å². The number of ether oxygens (including phenoxy) is 1. The first-order valence-corrected chi connectivity index (χ1v) is 7.19. The Morgan fingerprint density at radius 1 is 1.29 bits per heavy atom. The van der Waals surface area contributed by atoms with E-state index in [1.54, 1.807) is 6.92 Å². The summed E-state index contributed by atoms with van der Waals surface area (Å²) in [6.45, 7) is 5.46. The number of amides is 1. The van der Waals surface area contributed by atoms with Gasteiger partial charge in [-0.15, -0.1) is 0 Å². The van der Waals surface area contributed by atoms with E-state index in [0.29, 0.717) is 6.42 Å². The minimum Gasteiger partial charge on any atom is -0.493 e. The number of carbonyl (C=O) groups excluding carboxylic acids is 1. The van der Waals surface area contributed by atoms with Gasteiger partial charge in [-0.25, -0.2) is 0 Å². The lowest BCUT2D eigenvalue weighted by atomic mass is 9.98. The van der Waals surface area contributed by atoms with Gasteiger partial charge in [0, 0.05) is 0 Å². The van der Waals surface area contributed by atoms with Crippen molar-refractivity contribution in [2.24, 2.45) is 0 Å². The van der Waals surface area contributed by atoms with Crippen LogP contribution >= 0.6 is 0 Å². The molecule has 5 nitrogen and oxygen atoms in total. The van der Waals surface area contributed by atoms with Crippen molar-refractivity contribution in [2.75, 3.05) is 19.8 Å². The topological polar surface area (TPSA) is 78.8 Å². The largest absolute Gasteiger partial charge is 0.493 e. The highest BCUT2D eigenvalue weighted by molar-refractivity contribution is 5.77. The molecule has 1 aromatic carbocycles. The first kappa shape index (κ1) is 17.5. The SMILES string of the molecule is CCC(CO)(CO)NC(=O)CCOc1ccc(C)cc1C. The van der Waals surface area contributed by atoms with Crippen LogP contribution in [0.15, 0.2) is 18.2 Å². The van der Waals surface area contributed by atoms with Gasteiger partial charge in [0.15, 0.2) is 0 Å². The maximum Gasteiger partial charge on any atom is 0.224 e. The summed E-state index contributed by atoms with van der Waals surface area (Å²) in [6, 6.07) is 5.87. The van der Waals surface area contributed by atoms with Crippen molar-refractivity contribution in [3.05, 3.63) is 29.3 Å². The number of hydrogen-bond acceptors (Lipinski definition) is 4. The van der Waals surface area contributed by atoms with E-state index in [0.717, 1.165) is 16.9 Å². The molecule has 3 N–H and O–H groups in total. The summed E-state index contributed by atoms with van der Waals surface area (Å²) >= 11 is 0. The van der Waals surface area contributed by atoms with Crippen LogP contribution < -0.4 is 10.1 Å². The predicted molar refractivity (Wildman–Crippen MR) is 81.4 cm³/mol. The van der Waals surface area contributed by atoms with Crippen LogP contribution in [0, 0.1) is 13.8 Å². The van der Waals surface area contributed by atoms with Gasteiger partial charge in [-0.05, 0) is 31.9 Å². The average molecular weight is 295 g/mol. The first-order valence-electron chi connectivity index (χ1n) is 7.19. The van der Waals surface area contributed by atoms with Crippen molar-refractivity contribution >= 4 is 5.91 Å². The summed E-state index contributed by atoms with van der Waals surface area (Å²) in [6.07, 6.45) is 0.638. The molecule has 0 unspecified atom stereocenters. The van der Waals surface area contributed by atoms with Crippen LogP contribution in [0.25, 0.3) is 0 Å². The molecular weight excluding hydrogens is 270 g/mol.